The zero-order valence-corrected chi connectivity index (χ0v) is 42.7. The summed E-state index contributed by atoms with van der Waals surface area (Å²) < 4.78 is 16.1. The average Bonchev–Trinajstić information content (AvgIpc) is 4.50. The normalized spacial score (nSPS) is 12.2. The highest BCUT2D eigenvalue weighted by Gasteiger charge is 2.20. The van der Waals surface area contributed by atoms with Crippen molar-refractivity contribution in [1.29, 1.82) is 0 Å². The molecule has 78 heavy (non-hydrogen) atoms. The summed E-state index contributed by atoms with van der Waals surface area (Å²) in [6.07, 6.45) is 4.39. The number of benzene rings is 11. The van der Waals surface area contributed by atoms with Crippen LogP contribution < -0.4 is 0 Å². The fourth-order valence-electron chi connectivity index (χ4n) is 12.7. The molecule has 0 aliphatic carbocycles. The van der Waals surface area contributed by atoms with Gasteiger partial charge in [-0.3, -0.25) is 0 Å². The van der Waals surface area contributed by atoms with Crippen molar-refractivity contribution in [2.45, 2.75) is 6.92 Å². The summed E-state index contributed by atoms with van der Waals surface area (Å²) in [5, 5.41) is 10.7. The minimum atomic E-state index is 0.856. The Bertz CT molecular complexity index is 5170. The van der Waals surface area contributed by atoms with Crippen molar-refractivity contribution in [3.8, 4) is 33.9 Å². The van der Waals surface area contributed by atoms with Crippen LogP contribution in [-0.4, -0.2) is 18.3 Å². The first-order valence-corrected chi connectivity index (χ1v) is 26.7. The summed E-state index contributed by atoms with van der Waals surface area (Å²) >= 11 is 0. The first-order chi connectivity index (χ1) is 38.5. The van der Waals surface area contributed by atoms with Crippen molar-refractivity contribution in [2.24, 2.45) is 0 Å². The van der Waals surface area contributed by atoms with Crippen molar-refractivity contribution in [1.82, 2.24) is 18.3 Å². The SMILES string of the molecule is C=C(/C=C\c1c(C)c2ccccc2n1-c1ccccc1)c1ccc2c(c1)c1ccccc1n2-c1ccc2oc3ccc(-n4c5ccccc5c5cc(-c6ccc7c(c6)c6ccccc6n7-c6ccccc6)ccc54)cc3c2c1. The minimum Gasteiger partial charge on any atom is -0.456 e. The summed E-state index contributed by atoms with van der Waals surface area (Å²) in [4.78, 5) is 0. The quantitative estimate of drug-likeness (QED) is 0.140. The van der Waals surface area contributed by atoms with Gasteiger partial charge in [-0.1, -0.05) is 140 Å². The van der Waals surface area contributed by atoms with Crippen LogP contribution in [0.3, 0.4) is 0 Å². The van der Waals surface area contributed by atoms with E-state index in [1.165, 1.54) is 70.9 Å². The van der Waals surface area contributed by atoms with Crippen molar-refractivity contribution in [3.05, 3.63) is 278 Å². The van der Waals surface area contributed by atoms with Gasteiger partial charge in [-0.25, -0.2) is 0 Å². The molecule has 0 bridgehead atoms. The van der Waals surface area contributed by atoms with Crippen LogP contribution in [0.4, 0.5) is 0 Å². The Morgan fingerprint density at radius 1 is 0.333 bits per heavy atom. The van der Waals surface area contributed by atoms with E-state index < -0.39 is 0 Å². The summed E-state index contributed by atoms with van der Waals surface area (Å²) in [7, 11) is 0. The van der Waals surface area contributed by atoms with Crippen molar-refractivity contribution in [2.75, 3.05) is 0 Å². The summed E-state index contributed by atoms with van der Waals surface area (Å²) in [6, 6.07) is 90.0. The predicted octanol–water partition coefficient (Wildman–Crippen LogP) is 19.5. The van der Waals surface area contributed by atoms with Gasteiger partial charge in [-0.15, -0.1) is 0 Å². The largest absolute Gasteiger partial charge is 0.456 e. The van der Waals surface area contributed by atoms with Crippen LogP contribution in [0.1, 0.15) is 16.8 Å². The minimum absolute atomic E-state index is 0.856. The number of fused-ring (bicyclic) bond motifs is 13. The Kier molecular flexibility index (Phi) is 9.63. The zero-order valence-electron chi connectivity index (χ0n) is 42.7. The fraction of sp³-hybridized carbons (Fsp3) is 0.0137. The van der Waals surface area contributed by atoms with Crippen LogP contribution in [0, 0.1) is 6.92 Å². The Hall–Kier alpha value is -10.4. The first-order valence-electron chi connectivity index (χ1n) is 26.7. The number of nitrogens with zero attached hydrogens (tertiary/aromatic N) is 4. The third-order valence-electron chi connectivity index (χ3n) is 16.3. The van der Waals surface area contributed by atoms with Gasteiger partial charge in [0.05, 0.1) is 38.6 Å². The van der Waals surface area contributed by atoms with E-state index >= 15 is 0 Å². The van der Waals surface area contributed by atoms with Crippen LogP contribution in [-0.2, 0) is 0 Å². The van der Waals surface area contributed by atoms with Crippen LogP contribution >= 0.6 is 0 Å². The lowest BCUT2D eigenvalue weighted by Gasteiger charge is -2.10. The molecular formula is C73H48N4O. The molecule has 0 saturated carbocycles. The zero-order chi connectivity index (χ0) is 51.6. The maximum atomic E-state index is 6.61. The number of hydrogen-bond donors (Lipinski definition) is 0. The highest BCUT2D eigenvalue weighted by molar-refractivity contribution is 6.15. The maximum Gasteiger partial charge on any atom is 0.135 e. The van der Waals surface area contributed by atoms with Gasteiger partial charge in [0.15, 0.2) is 0 Å². The molecule has 5 aromatic heterocycles. The molecule has 0 unspecified atom stereocenters. The molecule has 0 radical (unpaired) electrons. The molecular weight excluding hydrogens is 949 g/mol. The van der Waals surface area contributed by atoms with Gasteiger partial charge in [0, 0.05) is 76.9 Å². The summed E-state index contributed by atoms with van der Waals surface area (Å²) in [5.74, 6) is 0. The van der Waals surface area contributed by atoms with Gasteiger partial charge in [0.2, 0.25) is 0 Å². The Morgan fingerprint density at radius 3 is 1.24 bits per heavy atom. The molecule has 0 spiro atoms. The average molecular weight is 997 g/mol. The molecule has 0 atom stereocenters. The second-order valence-corrected chi connectivity index (χ2v) is 20.6. The Labute approximate surface area is 449 Å². The fourth-order valence-corrected chi connectivity index (χ4v) is 12.7. The van der Waals surface area contributed by atoms with Gasteiger partial charge in [0.1, 0.15) is 11.2 Å². The first kappa shape index (κ1) is 44.0. The summed E-state index contributed by atoms with van der Waals surface area (Å²) in [6.45, 7) is 6.83. The summed E-state index contributed by atoms with van der Waals surface area (Å²) in [5.41, 5.74) is 21.1. The van der Waals surface area contributed by atoms with Gasteiger partial charge in [-0.2, -0.15) is 0 Å². The molecule has 0 fully saturated rings. The van der Waals surface area contributed by atoms with E-state index in [-0.39, 0.29) is 0 Å². The van der Waals surface area contributed by atoms with E-state index in [9.17, 15) is 0 Å². The number of allylic oxidation sites excluding steroid dienone is 2. The van der Waals surface area contributed by atoms with Gasteiger partial charge in [-0.05, 0) is 162 Å². The molecule has 0 aliphatic heterocycles. The second-order valence-electron chi connectivity index (χ2n) is 20.6. The monoisotopic (exact) mass is 996 g/mol. The highest BCUT2D eigenvalue weighted by Crippen LogP contribution is 2.42. The van der Waals surface area contributed by atoms with Crippen molar-refractivity contribution < 1.29 is 4.42 Å². The topological polar surface area (TPSA) is 32.9 Å². The standard InChI is InChI=1S/C73H48N4O/c1-46(29-35-64-47(2)55-21-9-13-25-65(55)74(64)51-17-5-3-6-18-51)48-30-36-70-59(41-48)56-22-11-15-27-67(56)76(70)53-33-39-72-62(44-53)63-45-54(34-40-73(63)78-72)77-68-28-16-12-24-58(68)61-43-50(32-38-71(61)77)49-31-37-69-60(42-49)57-23-10-14-26-66(57)75(69)52-19-7-4-8-20-52/h3-45H,1H2,2H3/b35-29-. The van der Waals surface area contributed by atoms with Gasteiger partial charge >= 0.3 is 0 Å². The van der Waals surface area contributed by atoms with Crippen LogP contribution in [0.25, 0.3) is 144 Å². The molecule has 16 aromatic rings. The number of hydrogen-bond acceptors (Lipinski definition) is 1. The van der Waals surface area contributed by atoms with Crippen LogP contribution in [0.15, 0.2) is 266 Å². The van der Waals surface area contributed by atoms with Gasteiger partial charge in [0.25, 0.3) is 0 Å². The molecule has 16 rings (SSSR count). The lowest BCUT2D eigenvalue weighted by molar-refractivity contribution is 0.669. The molecule has 5 heteroatoms. The van der Waals surface area contributed by atoms with Crippen molar-refractivity contribution >= 4 is 110 Å². The molecule has 5 heterocycles. The van der Waals surface area contributed by atoms with Crippen LogP contribution in [0.2, 0.25) is 0 Å². The molecule has 0 aliphatic rings. The number of aryl methyl sites for hydroxylation is 1. The maximum absolute atomic E-state index is 6.61. The van der Waals surface area contributed by atoms with E-state index in [4.69, 9.17) is 4.42 Å². The predicted molar refractivity (Wildman–Crippen MR) is 328 cm³/mol. The lowest BCUT2D eigenvalue weighted by Crippen LogP contribution is -1.96. The second kappa shape index (κ2) is 17.1. The molecule has 0 N–H and O–H groups in total. The third kappa shape index (κ3) is 6.61. The Morgan fingerprint density at radius 2 is 0.731 bits per heavy atom. The van der Waals surface area contributed by atoms with Crippen molar-refractivity contribution in [3.63, 3.8) is 0 Å². The molecule has 0 amide bonds. The smallest absolute Gasteiger partial charge is 0.135 e. The third-order valence-corrected chi connectivity index (χ3v) is 16.3. The number of para-hydroxylation sites is 6. The van der Waals surface area contributed by atoms with Crippen LogP contribution in [0.5, 0.6) is 0 Å². The number of rotatable bonds is 8. The molecule has 5 nitrogen and oxygen atoms in total. The van der Waals surface area contributed by atoms with E-state index in [0.717, 1.165) is 83.6 Å². The molecule has 0 saturated heterocycles. The lowest BCUT2D eigenvalue weighted by atomic mass is 10.0. The Balaban J connectivity index is 0.776. The molecule has 11 aromatic carbocycles. The molecule has 366 valence electrons. The van der Waals surface area contributed by atoms with E-state index in [2.05, 4.69) is 293 Å². The highest BCUT2D eigenvalue weighted by atomic mass is 16.3. The van der Waals surface area contributed by atoms with E-state index in [0.29, 0.717) is 0 Å². The number of furan rings is 1. The van der Waals surface area contributed by atoms with Gasteiger partial charge < -0.3 is 22.7 Å². The van der Waals surface area contributed by atoms with E-state index in [1.54, 1.807) is 0 Å². The van der Waals surface area contributed by atoms with E-state index in [1.807, 2.05) is 0 Å². The number of aromatic nitrogens is 4.